The number of carbonyl (C=O) groups excluding carboxylic acids is 1. The van der Waals surface area contributed by atoms with E-state index < -0.39 is 0 Å². The molecule has 0 N–H and O–H groups in total. The average molecular weight is 250 g/mol. The first-order chi connectivity index (χ1) is 8.19. The Morgan fingerprint density at radius 1 is 1.47 bits per heavy atom. The van der Waals surface area contributed by atoms with Gasteiger partial charge < -0.3 is 4.42 Å². The molecule has 0 spiro atoms. The molecule has 17 heavy (non-hydrogen) atoms. The molecular formula is C12H14N2O2S. The van der Waals surface area contributed by atoms with E-state index in [-0.39, 0.29) is 0 Å². The molecule has 0 fully saturated rings. The molecular weight excluding hydrogens is 236 g/mol. The van der Waals surface area contributed by atoms with Gasteiger partial charge in [-0.25, -0.2) is 4.98 Å². The van der Waals surface area contributed by atoms with Gasteiger partial charge in [-0.05, 0) is 26.1 Å². The Morgan fingerprint density at radius 3 is 2.88 bits per heavy atom. The average Bonchev–Trinajstić information content (AvgIpc) is 2.89. The van der Waals surface area contributed by atoms with Crippen molar-refractivity contribution in [3.05, 3.63) is 39.7 Å². The highest BCUT2D eigenvalue weighted by molar-refractivity contribution is 7.09. The molecule has 0 aliphatic rings. The third-order valence-corrected chi connectivity index (χ3v) is 3.40. The summed E-state index contributed by atoms with van der Waals surface area (Å²) >= 11 is 1.66. The maximum absolute atomic E-state index is 10.5. The lowest BCUT2D eigenvalue weighted by Crippen LogP contribution is -2.16. The van der Waals surface area contributed by atoms with Gasteiger partial charge in [0.25, 0.3) is 0 Å². The molecule has 0 aliphatic carbocycles. The second-order valence-electron chi connectivity index (χ2n) is 3.96. The van der Waals surface area contributed by atoms with Crippen molar-refractivity contribution in [3.63, 3.8) is 0 Å². The molecule has 0 saturated heterocycles. The van der Waals surface area contributed by atoms with E-state index in [1.807, 2.05) is 25.5 Å². The van der Waals surface area contributed by atoms with E-state index in [2.05, 4.69) is 9.88 Å². The van der Waals surface area contributed by atoms with Gasteiger partial charge in [0.05, 0.1) is 17.7 Å². The minimum Gasteiger partial charge on any atom is -0.457 e. The van der Waals surface area contributed by atoms with E-state index in [0.717, 1.165) is 24.3 Å². The normalized spacial score (nSPS) is 11.0. The fraction of sp³-hybridized carbons (Fsp3) is 0.333. The van der Waals surface area contributed by atoms with E-state index in [1.54, 1.807) is 17.4 Å². The van der Waals surface area contributed by atoms with Crippen molar-refractivity contribution in [2.24, 2.45) is 0 Å². The number of carbonyl (C=O) groups is 1. The van der Waals surface area contributed by atoms with Crippen LogP contribution in [0.1, 0.15) is 26.9 Å². The number of aryl methyl sites for hydroxylation is 1. The standard InChI is InChI=1S/C12H14N2O2S/c1-9-12(17-8-13-9)6-14(2)5-10-3-4-11(7-15)16-10/h3-4,7-8H,5-6H2,1-2H3. The number of nitrogens with zero attached hydrogens (tertiary/aromatic N) is 2. The lowest BCUT2D eigenvalue weighted by Gasteiger charge is -2.13. The summed E-state index contributed by atoms with van der Waals surface area (Å²) in [5.74, 6) is 1.18. The molecule has 0 unspecified atom stereocenters. The van der Waals surface area contributed by atoms with Crippen LogP contribution in [0.3, 0.4) is 0 Å². The van der Waals surface area contributed by atoms with Crippen molar-refractivity contribution in [1.82, 2.24) is 9.88 Å². The van der Waals surface area contributed by atoms with Gasteiger partial charge >= 0.3 is 0 Å². The van der Waals surface area contributed by atoms with Gasteiger partial charge in [-0.2, -0.15) is 0 Å². The van der Waals surface area contributed by atoms with Crippen LogP contribution in [-0.4, -0.2) is 23.2 Å². The molecule has 2 aromatic rings. The molecule has 4 nitrogen and oxygen atoms in total. The first-order valence-corrected chi connectivity index (χ1v) is 6.18. The smallest absolute Gasteiger partial charge is 0.185 e. The van der Waals surface area contributed by atoms with Crippen LogP contribution >= 0.6 is 11.3 Å². The number of furan rings is 1. The molecule has 90 valence electrons. The van der Waals surface area contributed by atoms with Crippen LogP contribution < -0.4 is 0 Å². The van der Waals surface area contributed by atoms with Crippen LogP contribution in [-0.2, 0) is 13.1 Å². The zero-order valence-electron chi connectivity index (χ0n) is 9.84. The Balaban J connectivity index is 1.95. The Bertz CT molecular complexity index is 504. The zero-order chi connectivity index (χ0) is 12.3. The SMILES string of the molecule is Cc1ncsc1CN(C)Cc1ccc(C=O)o1. The third-order valence-electron chi connectivity index (χ3n) is 2.48. The quantitative estimate of drug-likeness (QED) is 0.765. The van der Waals surface area contributed by atoms with Crippen LogP contribution in [0.4, 0.5) is 0 Å². The Morgan fingerprint density at radius 2 is 2.29 bits per heavy atom. The van der Waals surface area contributed by atoms with Crippen LogP contribution in [0, 0.1) is 6.92 Å². The predicted molar refractivity (Wildman–Crippen MR) is 66.1 cm³/mol. The van der Waals surface area contributed by atoms with Gasteiger partial charge in [0, 0.05) is 11.4 Å². The summed E-state index contributed by atoms with van der Waals surface area (Å²) < 4.78 is 5.33. The van der Waals surface area contributed by atoms with Crippen LogP contribution in [0.25, 0.3) is 0 Å². The van der Waals surface area contributed by atoms with Crippen LogP contribution in [0.5, 0.6) is 0 Å². The van der Waals surface area contributed by atoms with Crippen molar-refractivity contribution in [2.45, 2.75) is 20.0 Å². The number of aromatic nitrogens is 1. The predicted octanol–water partition coefficient (Wildman–Crippen LogP) is 2.49. The number of aldehydes is 1. The number of rotatable bonds is 5. The first-order valence-electron chi connectivity index (χ1n) is 5.30. The van der Waals surface area contributed by atoms with Crippen molar-refractivity contribution < 1.29 is 9.21 Å². The van der Waals surface area contributed by atoms with Gasteiger partial charge in [0.2, 0.25) is 0 Å². The Kier molecular flexibility index (Phi) is 3.71. The summed E-state index contributed by atoms with van der Waals surface area (Å²) in [5.41, 5.74) is 2.94. The third kappa shape index (κ3) is 3.01. The molecule has 0 aliphatic heterocycles. The van der Waals surface area contributed by atoms with Crippen molar-refractivity contribution >= 4 is 17.6 Å². The second-order valence-corrected chi connectivity index (χ2v) is 4.89. The maximum atomic E-state index is 10.5. The highest BCUT2D eigenvalue weighted by Crippen LogP contribution is 2.16. The van der Waals surface area contributed by atoms with Crippen LogP contribution in [0.15, 0.2) is 22.1 Å². The summed E-state index contributed by atoms with van der Waals surface area (Å²) in [5, 5.41) is 0. The van der Waals surface area contributed by atoms with E-state index >= 15 is 0 Å². The molecule has 2 rings (SSSR count). The lowest BCUT2D eigenvalue weighted by molar-refractivity contribution is 0.109. The Hall–Kier alpha value is -1.46. The Labute approximate surface area is 104 Å². The first kappa shape index (κ1) is 12.0. The van der Waals surface area contributed by atoms with Gasteiger partial charge in [-0.3, -0.25) is 9.69 Å². The van der Waals surface area contributed by atoms with E-state index in [9.17, 15) is 4.79 Å². The summed E-state index contributed by atoms with van der Waals surface area (Å²) in [6.45, 7) is 3.54. The van der Waals surface area contributed by atoms with E-state index in [4.69, 9.17) is 4.42 Å². The highest BCUT2D eigenvalue weighted by Gasteiger charge is 2.08. The van der Waals surface area contributed by atoms with Crippen molar-refractivity contribution in [1.29, 1.82) is 0 Å². The van der Waals surface area contributed by atoms with Gasteiger partial charge in [0.1, 0.15) is 5.76 Å². The fourth-order valence-corrected chi connectivity index (χ4v) is 2.44. The zero-order valence-corrected chi connectivity index (χ0v) is 10.7. The summed E-state index contributed by atoms with van der Waals surface area (Å²) in [7, 11) is 2.02. The monoisotopic (exact) mass is 250 g/mol. The summed E-state index contributed by atoms with van der Waals surface area (Å²) in [6, 6.07) is 3.52. The van der Waals surface area contributed by atoms with Gasteiger partial charge in [0.15, 0.2) is 12.0 Å². The molecule has 0 amide bonds. The molecule has 5 heteroatoms. The fourth-order valence-electron chi connectivity index (χ4n) is 1.59. The highest BCUT2D eigenvalue weighted by atomic mass is 32.1. The van der Waals surface area contributed by atoms with E-state index in [0.29, 0.717) is 12.3 Å². The van der Waals surface area contributed by atoms with Crippen molar-refractivity contribution in [2.75, 3.05) is 7.05 Å². The minimum atomic E-state index is 0.377. The molecule has 0 saturated carbocycles. The van der Waals surface area contributed by atoms with Gasteiger partial charge in [-0.1, -0.05) is 0 Å². The molecule has 2 aromatic heterocycles. The second kappa shape index (κ2) is 5.25. The molecule has 0 bridgehead atoms. The summed E-state index contributed by atoms with van der Waals surface area (Å²) in [6.07, 6.45) is 0.719. The largest absolute Gasteiger partial charge is 0.457 e. The minimum absolute atomic E-state index is 0.377. The number of hydrogen-bond donors (Lipinski definition) is 0. The van der Waals surface area contributed by atoms with E-state index in [1.165, 1.54) is 4.88 Å². The topological polar surface area (TPSA) is 46.3 Å². The van der Waals surface area contributed by atoms with Crippen LogP contribution in [0.2, 0.25) is 0 Å². The molecule has 0 atom stereocenters. The lowest BCUT2D eigenvalue weighted by atomic mass is 10.3. The van der Waals surface area contributed by atoms with Gasteiger partial charge in [-0.15, -0.1) is 11.3 Å². The maximum Gasteiger partial charge on any atom is 0.185 e. The van der Waals surface area contributed by atoms with Crippen molar-refractivity contribution in [3.8, 4) is 0 Å². The molecule has 0 aromatic carbocycles. The molecule has 2 heterocycles. The summed E-state index contributed by atoms with van der Waals surface area (Å²) in [4.78, 5) is 18.1. The molecule has 0 radical (unpaired) electrons. The number of hydrogen-bond acceptors (Lipinski definition) is 5. The number of thiazole rings is 1.